The maximum absolute atomic E-state index is 10.7. The number of rotatable bonds is 1. The molecule has 0 fully saturated rings. The lowest BCUT2D eigenvalue weighted by molar-refractivity contribution is 0.482. The summed E-state index contributed by atoms with van der Waals surface area (Å²) in [6, 6.07) is 23.8. The van der Waals surface area contributed by atoms with Crippen molar-refractivity contribution in [2.75, 3.05) is 0 Å². The molecular formula is C19H15NO4S. The monoisotopic (exact) mass is 353 g/mol. The molecule has 0 aliphatic heterocycles. The lowest BCUT2D eigenvalue weighted by Gasteiger charge is -2.00. The summed E-state index contributed by atoms with van der Waals surface area (Å²) in [5, 5.41) is 5.25. The van der Waals surface area contributed by atoms with Crippen LogP contribution in [0.2, 0.25) is 0 Å². The van der Waals surface area contributed by atoms with Crippen molar-refractivity contribution in [3.63, 3.8) is 0 Å². The van der Waals surface area contributed by atoms with Gasteiger partial charge < -0.3 is 4.98 Å². The summed E-state index contributed by atoms with van der Waals surface area (Å²) in [7, 11) is -4.38. The molecule has 0 unspecified atom stereocenters. The van der Waals surface area contributed by atoms with Gasteiger partial charge in [0.2, 0.25) is 0 Å². The SMILES string of the molecule is O=c1[nH]cccc1S(=O)(=O)O.c1ccc2cc3ccccc3cc2c1. The molecule has 5 nitrogen and oxygen atoms in total. The summed E-state index contributed by atoms with van der Waals surface area (Å²) in [5.41, 5.74) is -0.824. The molecule has 0 atom stereocenters. The molecular weight excluding hydrogens is 338 g/mol. The van der Waals surface area contributed by atoms with E-state index in [4.69, 9.17) is 4.55 Å². The van der Waals surface area contributed by atoms with Crippen molar-refractivity contribution in [2.24, 2.45) is 0 Å². The van der Waals surface area contributed by atoms with Crippen molar-refractivity contribution in [2.45, 2.75) is 4.90 Å². The van der Waals surface area contributed by atoms with Gasteiger partial charge in [-0.1, -0.05) is 48.5 Å². The van der Waals surface area contributed by atoms with E-state index in [0.717, 1.165) is 6.07 Å². The van der Waals surface area contributed by atoms with Gasteiger partial charge in [-0.15, -0.1) is 0 Å². The van der Waals surface area contributed by atoms with Gasteiger partial charge in [-0.3, -0.25) is 9.35 Å². The minimum absolute atomic E-state index is 0.639. The molecule has 1 aromatic heterocycles. The average molecular weight is 353 g/mol. The second-order valence-electron chi connectivity index (χ2n) is 5.39. The highest BCUT2D eigenvalue weighted by Crippen LogP contribution is 2.21. The number of hydrogen-bond donors (Lipinski definition) is 2. The standard InChI is InChI=1S/C14H10.C5H5NO4S/c1-2-6-12-10-14-8-4-3-7-13(14)9-11(12)5-1;7-5-4(11(8,9)10)2-1-3-6-5/h1-10H;1-3H,(H,6,7)(H,8,9,10). The molecule has 0 amide bonds. The topological polar surface area (TPSA) is 87.2 Å². The highest BCUT2D eigenvalue weighted by molar-refractivity contribution is 7.85. The maximum Gasteiger partial charge on any atom is 0.300 e. The summed E-state index contributed by atoms with van der Waals surface area (Å²) >= 11 is 0. The van der Waals surface area contributed by atoms with Crippen molar-refractivity contribution in [3.8, 4) is 0 Å². The van der Waals surface area contributed by atoms with Crippen LogP contribution in [0.1, 0.15) is 0 Å². The van der Waals surface area contributed by atoms with Gasteiger partial charge in [0.25, 0.3) is 15.7 Å². The van der Waals surface area contributed by atoms with Crippen LogP contribution in [0.5, 0.6) is 0 Å². The third-order valence-electron chi connectivity index (χ3n) is 3.67. The lowest BCUT2D eigenvalue weighted by Crippen LogP contribution is -2.15. The van der Waals surface area contributed by atoms with Crippen molar-refractivity contribution in [1.82, 2.24) is 4.98 Å². The van der Waals surface area contributed by atoms with E-state index in [1.54, 1.807) is 0 Å². The van der Waals surface area contributed by atoms with Crippen LogP contribution in [0.25, 0.3) is 21.5 Å². The number of aromatic nitrogens is 1. The fraction of sp³-hybridized carbons (Fsp3) is 0. The van der Waals surface area contributed by atoms with E-state index >= 15 is 0 Å². The molecule has 1 heterocycles. The van der Waals surface area contributed by atoms with Crippen molar-refractivity contribution >= 4 is 31.7 Å². The highest BCUT2D eigenvalue weighted by atomic mass is 32.2. The highest BCUT2D eigenvalue weighted by Gasteiger charge is 2.12. The largest absolute Gasteiger partial charge is 0.328 e. The van der Waals surface area contributed by atoms with Gasteiger partial charge in [-0.25, -0.2) is 0 Å². The molecule has 0 saturated carbocycles. The van der Waals surface area contributed by atoms with Crippen molar-refractivity contribution < 1.29 is 13.0 Å². The number of nitrogens with one attached hydrogen (secondary N) is 1. The molecule has 3 aromatic carbocycles. The van der Waals surface area contributed by atoms with E-state index in [-0.39, 0.29) is 0 Å². The molecule has 0 radical (unpaired) electrons. The number of hydrogen-bond acceptors (Lipinski definition) is 3. The molecule has 25 heavy (non-hydrogen) atoms. The van der Waals surface area contributed by atoms with Crippen LogP contribution in [0, 0.1) is 0 Å². The van der Waals surface area contributed by atoms with E-state index < -0.39 is 20.6 Å². The van der Waals surface area contributed by atoms with E-state index in [9.17, 15) is 13.2 Å². The van der Waals surface area contributed by atoms with E-state index in [1.165, 1.54) is 33.8 Å². The van der Waals surface area contributed by atoms with E-state index in [2.05, 4.69) is 65.6 Å². The van der Waals surface area contributed by atoms with E-state index in [1.807, 2.05) is 0 Å². The van der Waals surface area contributed by atoms with Crippen LogP contribution in [0.3, 0.4) is 0 Å². The fourth-order valence-electron chi connectivity index (χ4n) is 2.49. The Hall–Kier alpha value is -2.96. The Morgan fingerprint density at radius 2 is 1.16 bits per heavy atom. The molecule has 0 aliphatic carbocycles. The lowest BCUT2D eigenvalue weighted by atomic mass is 10.0. The minimum Gasteiger partial charge on any atom is -0.328 e. The van der Waals surface area contributed by atoms with Gasteiger partial charge in [-0.05, 0) is 45.8 Å². The van der Waals surface area contributed by atoms with Gasteiger partial charge in [0.1, 0.15) is 0 Å². The Morgan fingerprint density at radius 3 is 1.48 bits per heavy atom. The summed E-state index contributed by atoms with van der Waals surface area (Å²) < 4.78 is 29.2. The number of H-pyrrole nitrogens is 1. The van der Waals surface area contributed by atoms with Gasteiger partial charge in [0.15, 0.2) is 4.90 Å². The zero-order chi connectivity index (χ0) is 17.9. The Bertz CT molecular complexity index is 1090. The van der Waals surface area contributed by atoms with Crippen LogP contribution in [0.4, 0.5) is 0 Å². The predicted molar refractivity (Wildman–Crippen MR) is 98.3 cm³/mol. The van der Waals surface area contributed by atoms with Crippen molar-refractivity contribution in [1.29, 1.82) is 0 Å². The summed E-state index contributed by atoms with van der Waals surface area (Å²) in [4.78, 5) is 12.1. The van der Waals surface area contributed by atoms with Crippen LogP contribution in [0.15, 0.2) is 88.7 Å². The quantitative estimate of drug-likeness (QED) is 0.404. The van der Waals surface area contributed by atoms with Gasteiger partial charge >= 0.3 is 0 Å². The van der Waals surface area contributed by atoms with Gasteiger partial charge in [0, 0.05) is 6.20 Å². The number of fused-ring (bicyclic) bond motifs is 2. The zero-order valence-corrected chi connectivity index (χ0v) is 13.9. The summed E-state index contributed by atoms with van der Waals surface area (Å²) in [5.74, 6) is 0. The third-order valence-corrected chi connectivity index (χ3v) is 4.55. The minimum atomic E-state index is -4.38. The summed E-state index contributed by atoms with van der Waals surface area (Å²) in [6.07, 6.45) is 1.27. The summed E-state index contributed by atoms with van der Waals surface area (Å²) in [6.45, 7) is 0. The first-order chi connectivity index (χ1) is 11.9. The third kappa shape index (κ3) is 3.93. The first-order valence-electron chi connectivity index (χ1n) is 7.48. The van der Waals surface area contributed by atoms with Gasteiger partial charge in [-0.2, -0.15) is 8.42 Å². The second-order valence-corrected chi connectivity index (χ2v) is 6.78. The first-order valence-corrected chi connectivity index (χ1v) is 8.92. The normalized spacial score (nSPS) is 11.1. The second kappa shape index (κ2) is 6.88. The molecule has 126 valence electrons. The van der Waals surface area contributed by atoms with Crippen LogP contribution < -0.4 is 5.56 Å². The van der Waals surface area contributed by atoms with Crippen LogP contribution >= 0.6 is 0 Å². The van der Waals surface area contributed by atoms with Crippen LogP contribution in [-0.2, 0) is 10.1 Å². The van der Waals surface area contributed by atoms with Crippen LogP contribution in [-0.4, -0.2) is 18.0 Å². The smallest absolute Gasteiger partial charge is 0.300 e. The average Bonchev–Trinajstić information content (AvgIpc) is 2.60. The molecule has 0 saturated heterocycles. The molecule has 0 spiro atoms. The molecule has 4 rings (SSSR count). The molecule has 6 heteroatoms. The number of pyridine rings is 1. The Kier molecular flexibility index (Phi) is 4.65. The zero-order valence-electron chi connectivity index (χ0n) is 13.1. The van der Waals surface area contributed by atoms with E-state index in [0.29, 0.717) is 0 Å². The predicted octanol–water partition coefficient (Wildman–Crippen LogP) is 3.61. The number of benzene rings is 3. The Labute approximate surface area is 144 Å². The molecule has 2 N–H and O–H groups in total. The fourth-order valence-corrected chi connectivity index (χ4v) is 3.04. The number of aromatic amines is 1. The molecule has 0 bridgehead atoms. The maximum atomic E-state index is 10.7. The Morgan fingerprint density at radius 1 is 0.720 bits per heavy atom. The molecule has 0 aliphatic rings. The Balaban J connectivity index is 0.000000151. The molecule has 4 aromatic rings. The van der Waals surface area contributed by atoms with Crippen molar-refractivity contribution in [3.05, 3.63) is 89.3 Å². The van der Waals surface area contributed by atoms with Gasteiger partial charge in [0.05, 0.1) is 0 Å². The first kappa shape index (κ1) is 16.9.